The molecule has 1 atom stereocenters. The smallest absolute Gasteiger partial charge is 0.124 e. The predicted molar refractivity (Wildman–Crippen MR) is 62.5 cm³/mol. The molecule has 0 bridgehead atoms. The first-order valence-electron chi connectivity index (χ1n) is 4.51. The first kappa shape index (κ1) is 14.0. The van der Waals surface area contributed by atoms with Crippen molar-refractivity contribution in [3.63, 3.8) is 0 Å². The van der Waals surface area contributed by atoms with E-state index in [9.17, 15) is 5.11 Å². The number of halogens is 1. The van der Waals surface area contributed by atoms with Crippen LogP contribution in [0.15, 0.2) is 18.2 Å². The van der Waals surface area contributed by atoms with Gasteiger partial charge in [0, 0.05) is 17.7 Å². The van der Waals surface area contributed by atoms with Crippen LogP contribution in [0.4, 0.5) is 0 Å². The molecule has 0 saturated heterocycles. The van der Waals surface area contributed by atoms with Gasteiger partial charge in [-0.05, 0) is 19.0 Å². The second kappa shape index (κ2) is 6.50. The van der Waals surface area contributed by atoms with Gasteiger partial charge in [0.25, 0.3) is 0 Å². The molecule has 0 fully saturated rings. The van der Waals surface area contributed by atoms with E-state index in [1.807, 2.05) is 0 Å². The second-order valence-electron chi connectivity index (χ2n) is 3.11. The van der Waals surface area contributed by atoms with Gasteiger partial charge in [0.15, 0.2) is 0 Å². The summed E-state index contributed by atoms with van der Waals surface area (Å²) in [4.78, 5) is 0. The van der Waals surface area contributed by atoms with Gasteiger partial charge in [0.1, 0.15) is 11.5 Å². The van der Waals surface area contributed by atoms with Crippen LogP contribution >= 0.6 is 12.4 Å². The van der Waals surface area contributed by atoms with Crippen molar-refractivity contribution >= 4 is 12.4 Å². The lowest BCUT2D eigenvalue weighted by molar-refractivity contribution is 0.405. The third kappa shape index (κ3) is 3.58. The van der Waals surface area contributed by atoms with Crippen LogP contribution in [-0.4, -0.2) is 18.8 Å². The van der Waals surface area contributed by atoms with Gasteiger partial charge >= 0.3 is 0 Å². The van der Waals surface area contributed by atoms with Crippen molar-refractivity contribution in [3.8, 4) is 11.5 Å². The molecule has 5 heteroatoms. The Morgan fingerprint density at radius 2 is 2.13 bits per heavy atom. The topological polar surface area (TPSA) is 81.5 Å². The Morgan fingerprint density at radius 1 is 1.47 bits per heavy atom. The molecule has 0 heterocycles. The van der Waals surface area contributed by atoms with Crippen LogP contribution in [-0.2, 0) is 0 Å². The molecule has 1 aromatic carbocycles. The van der Waals surface area contributed by atoms with E-state index in [0.717, 1.165) is 0 Å². The summed E-state index contributed by atoms with van der Waals surface area (Å²) in [7, 11) is 1.55. The number of aromatic hydroxyl groups is 1. The van der Waals surface area contributed by atoms with Gasteiger partial charge in [-0.15, -0.1) is 12.4 Å². The average Bonchev–Trinajstić information content (AvgIpc) is 2.17. The van der Waals surface area contributed by atoms with Gasteiger partial charge in [-0.25, -0.2) is 0 Å². The molecule has 0 radical (unpaired) electrons. The highest BCUT2D eigenvalue weighted by atomic mass is 35.5. The van der Waals surface area contributed by atoms with Gasteiger partial charge in [0.2, 0.25) is 0 Å². The number of benzene rings is 1. The van der Waals surface area contributed by atoms with Crippen LogP contribution in [0.1, 0.15) is 18.0 Å². The Kier molecular flexibility index (Phi) is 6.08. The summed E-state index contributed by atoms with van der Waals surface area (Å²) in [6.07, 6.45) is 0.653. The van der Waals surface area contributed by atoms with E-state index in [-0.39, 0.29) is 24.2 Å². The molecular weight excluding hydrogens is 216 g/mol. The molecule has 0 spiro atoms. The maximum absolute atomic E-state index is 9.62. The van der Waals surface area contributed by atoms with E-state index >= 15 is 0 Å². The van der Waals surface area contributed by atoms with Crippen molar-refractivity contribution in [2.24, 2.45) is 11.5 Å². The van der Waals surface area contributed by atoms with Gasteiger partial charge in [-0.3, -0.25) is 0 Å². The molecule has 86 valence electrons. The summed E-state index contributed by atoms with van der Waals surface area (Å²) >= 11 is 0. The lowest BCUT2D eigenvalue weighted by Gasteiger charge is -2.13. The Morgan fingerprint density at radius 3 is 2.60 bits per heavy atom. The third-order valence-corrected chi connectivity index (χ3v) is 2.11. The molecule has 0 saturated carbocycles. The number of nitrogens with two attached hydrogens (primary N) is 2. The van der Waals surface area contributed by atoms with Crippen molar-refractivity contribution in [3.05, 3.63) is 23.8 Å². The molecule has 0 aliphatic rings. The second-order valence-corrected chi connectivity index (χ2v) is 3.11. The fourth-order valence-corrected chi connectivity index (χ4v) is 1.30. The first-order chi connectivity index (χ1) is 6.69. The number of ether oxygens (including phenoxy) is 1. The molecular formula is C10H17ClN2O2. The van der Waals surface area contributed by atoms with Crippen molar-refractivity contribution in [1.82, 2.24) is 0 Å². The van der Waals surface area contributed by atoms with Gasteiger partial charge in [-0.1, -0.05) is 6.07 Å². The molecule has 15 heavy (non-hydrogen) atoms. The standard InChI is InChI=1S/C10H16N2O2.ClH/c1-14-7-2-3-8(10(13)6-7)9(12)4-5-11;/h2-3,6,9,13H,4-5,11-12H2,1H3;1H/t9-;/m0./s1. The normalized spacial score (nSPS) is 11.7. The van der Waals surface area contributed by atoms with Crippen LogP contribution in [0.2, 0.25) is 0 Å². The maximum atomic E-state index is 9.62. The van der Waals surface area contributed by atoms with Crippen LogP contribution < -0.4 is 16.2 Å². The van der Waals surface area contributed by atoms with E-state index in [0.29, 0.717) is 24.3 Å². The van der Waals surface area contributed by atoms with Crippen molar-refractivity contribution < 1.29 is 9.84 Å². The maximum Gasteiger partial charge on any atom is 0.124 e. The lowest BCUT2D eigenvalue weighted by Crippen LogP contribution is -2.15. The van der Waals surface area contributed by atoms with E-state index in [2.05, 4.69) is 0 Å². The number of phenolic OH excluding ortho intramolecular Hbond substituents is 1. The Balaban J connectivity index is 0.00000196. The molecule has 0 aromatic heterocycles. The molecule has 0 unspecified atom stereocenters. The van der Waals surface area contributed by atoms with E-state index < -0.39 is 0 Å². The summed E-state index contributed by atoms with van der Waals surface area (Å²) in [5.74, 6) is 0.775. The van der Waals surface area contributed by atoms with Crippen molar-refractivity contribution in [1.29, 1.82) is 0 Å². The summed E-state index contributed by atoms with van der Waals surface area (Å²) in [5, 5.41) is 9.62. The summed E-state index contributed by atoms with van der Waals surface area (Å²) in [6, 6.07) is 4.86. The zero-order valence-electron chi connectivity index (χ0n) is 8.64. The van der Waals surface area contributed by atoms with E-state index in [1.165, 1.54) is 0 Å². The molecule has 4 nitrogen and oxygen atoms in total. The van der Waals surface area contributed by atoms with E-state index in [4.69, 9.17) is 16.2 Å². The molecule has 5 N–H and O–H groups in total. The highest BCUT2D eigenvalue weighted by molar-refractivity contribution is 5.85. The Bertz CT molecular complexity index is 307. The molecule has 0 amide bonds. The Labute approximate surface area is 95.6 Å². The SMILES string of the molecule is COc1ccc([C@@H](N)CCN)c(O)c1.Cl. The van der Waals surface area contributed by atoms with Gasteiger partial charge < -0.3 is 21.3 Å². The van der Waals surface area contributed by atoms with Crippen LogP contribution in [0, 0.1) is 0 Å². The summed E-state index contributed by atoms with van der Waals surface area (Å²) in [5.41, 5.74) is 11.9. The number of methoxy groups -OCH3 is 1. The van der Waals surface area contributed by atoms with Crippen LogP contribution in [0.3, 0.4) is 0 Å². The predicted octanol–water partition coefficient (Wildman–Crippen LogP) is 1.17. The molecule has 1 rings (SSSR count). The van der Waals surface area contributed by atoms with Crippen molar-refractivity contribution in [2.45, 2.75) is 12.5 Å². The Hall–Kier alpha value is -0.970. The minimum Gasteiger partial charge on any atom is -0.507 e. The summed E-state index contributed by atoms with van der Waals surface area (Å²) < 4.78 is 4.96. The molecule has 0 aliphatic carbocycles. The minimum atomic E-state index is -0.217. The average molecular weight is 233 g/mol. The monoisotopic (exact) mass is 232 g/mol. The number of hydrogen-bond acceptors (Lipinski definition) is 4. The quantitative estimate of drug-likeness (QED) is 0.728. The minimum absolute atomic E-state index is 0. The zero-order chi connectivity index (χ0) is 10.6. The van der Waals surface area contributed by atoms with E-state index in [1.54, 1.807) is 25.3 Å². The highest BCUT2D eigenvalue weighted by Crippen LogP contribution is 2.28. The number of rotatable bonds is 4. The zero-order valence-corrected chi connectivity index (χ0v) is 9.46. The van der Waals surface area contributed by atoms with Crippen molar-refractivity contribution in [2.75, 3.05) is 13.7 Å². The summed E-state index contributed by atoms with van der Waals surface area (Å²) in [6.45, 7) is 0.507. The fourth-order valence-electron chi connectivity index (χ4n) is 1.30. The van der Waals surface area contributed by atoms with Crippen LogP contribution in [0.5, 0.6) is 11.5 Å². The third-order valence-electron chi connectivity index (χ3n) is 2.11. The lowest BCUT2D eigenvalue weighted by atomic mass is 10.0. The van der Waals surface area contributed by atoms with Gasteiger partial charge in [-0.2, -0.15) is 0 Å². The highest BCUT2D eigenvalue weighted by Gasteiger charge is 2.10. The molecule has 0 aliphatic heterocycles. The first-order valence-corrected chi connectivity index (χ1v) is 4.51. The van der Waals surface area contributed by atoms with Crippen LogP contribution in [0.25, 0.3) is 0 Å². The number of phenols is 1. The molecule has 1 aromatic rings. The van der Waals surface area contributed by atoms with Gasteiger partial charge in [0.05, 0.1) is 7.11 Å². The largest absolute Gasteiger partial charge is 0.507 e. The number of hydrogen-bond donors (Lipinski definition) is 3. The fraction of sp³-hybridized carbons (Fsp3) is 0.400.